The van der Waals surface area contributed by atoms with Crippen LogP contribution in [-0.2, 0) is 11.8 Å². The molecule has 154 valence electrons. The van der Waals surface area contributed by atoms with Crippen molar-refractivity contribution in [2.45, 2.75) is 32.3 Å². The topological polar surface area (TPSA) is 57.9 Å². The van der Waals surface area contributed by atoms with Crippen LogP contribution < -0.4 is 5.32 Å². The third kappa shape index (κ3) is 6.32. The van der Waals surface area contributed by atoms with Gasteiger partial charge in [0, 0.05) is 38.9 Å². The molecule has 8 heteroatoms. The van der Waals surface area contributed by atoms with Gasteiger partial charge in [0.15, 0.2) is 5.96 Å². The van der Waals surface area contributed by atoms with Crippen molar-refractivity contribution >= 4 is 29.9 Å². The van der Waals surface area contributed by atoms with E-state index in [2.05, 4.69) is 32.1 Å². The molecule has 3 heterocycles. The van der Waals surface area contributed by atoms with Crippen molar-refractivity contribution in [1.82, 2.24) is 24.9 Å². The number of halogens is 1. The van der Waals surface area contributed by atoms with Gasteiger partial charge in [-0.15, -0.1) is 24.0 Å². The largest absolute Gasteiger partial charge is 0.370 e. The average molecular weight is 490 g/mol. The highest BCUT2D eigenvalue weighted by Gasteiger charge is 2.25. The molecule has 2 fully saturated rings. The monoisotopic (exact) mass is 490 g/mol. The molecule has 1 atom stereocenters. The van der Waals surface area contributed by atoms with Gasteiger partial charge in [-0.3, -0.25) is 9.67 Å². The Labute approximate surface area is 180 Å². The van der Waals surface area contributed by atoms with E-state index >= 15 is 0 Å². The van der Waals surface area contributed by atoms with Crippen molar-refractivity contribution in [1.29, 1.82) is 0 Å². The first kappa shape index (κ1) is 22.4. The molecule has 0 radical (unpaired) electrons. The van der Waals surface area contributed by atoms with Gasteiger partial charge < -0.3 is 19.9 Å². The second-order valence-electron chi connectivity index (χ2n) is 7.39. The van der Waals surface area contributed by atoms with E-state index in [1.54, 1.807) is 0 Å². The van der Waals surface area contributed by atoms with Crippen LogP contribution in [0, 0.1) is 5.92 Å². The number of piperidine rings is 1. The summed E-state index contributed by atoms with van der Waals surface area (Å²) >= 11 is 0. The standard InChI is InChI=1S/C19H34N6O.HI/c1-4-24-9-6-16(7-10-24)5-8-21-19(20-2)25-11-12-26-18(15-25)17-13-22-23(3)14-17;/h13-14,16,18H,4-12,15H2,1-3H3,(H,20,21);1H. The molecule has 1 aromatic heterocycles. The van der Waals surface area contributed by atoms with Crippen LogP contribution in [0.15, 0.2) is 17.4 Å². The molecule has 0 aliphatic carbocycles. The summed E-state index contributed by atoms with van der Waals surface area (Å²) < 4.78 is 7.77. The number of morpholine rings is 1. The molecular formula is C19H35IN6O. The normalized spacial score (nSPS) is 22.6. The molecule has 1 aromatic rings. The molecule has 1 N–H and O–H groups in total. The minimum atomic E-state index is 0. The molecule has 0 bridgehead atoms. The smallest absolute Gasteiger partial charge is 0.193 e. The number of hydrogen-bond donors (Lipinski definition) is 1. The summed E-state index contributed by atoms with van der Waals surface area (Å²) in [4.78, 5) is 9.36. The Bertz CT molecular complexity index is 585. The number of ether oxygens (including phenoxy) is 1. The van der Waals surface area contributed by atoms with E-state index in [9.17, 15) is 0 Å². The molecule has 0 spiro atoms. The summed E-state index contributed by atoms with van der Waals surface area (Å²) in [6.45, 7) is 9.37. The molecule has 3 rings (SSSR count). The van der Waals surface area contributed by atoms with E-state index in [0.717, 1.165) is 43.7 Å². The molecular weight excluding hydrogens is 455 g/mol. The fraction of sp³-hybridized carbons (Fsp3) is 0.789. The third-order valence-electron chi connectivity index (χ3n) is 5.66. The van der Waals surface area contributed by atoms with Crippen molar-refractivity contribution in [2.75, 3.05) is 52.9 Å². The number of nitrogens with one attached hydrogen (secondary N) is 1. The Kier molecular flexibility index (Phi) is 9.31. The highest BCUT2D eigenvalue weighted by molar-refractivity contribution is 14.0. The Balaban J connectivity index is 0.00000261. The van der Waals surface area contributed by atoms with Crippen LogP contribution in [0.2, 0.25) is 0 Å². The number of aliphatic imine (C=N–C) groups is 1. The van der Waals surface area contributed by atoms with Crippen LogP contribution in [0.25, 0.3) is 0 Å². The van der Waals surface area contributed by atoms with Gasteiger partial charge in [-0.05, 0) is 44.8 Å². The zero-order valence-corrected chi connectivity index (χ0v) is 19.3. The Morgan fingerprint density at radius 1 is 1.33 bits per heavy atom. The summed E-state index contributed by atoms with van der Waals surface area (Å²) in [5.74, 6) is 1.84. The number of nitrogens with zero attached hydrogens (tertiary/aromatic N) is 5. The minimum Gasteiger partial charge on any atom is -0.370 e. The average Bonchev–Trinajstić information content (AvgIpc) is 3.12. The first-order valence-electron chi connectivity index (χ1n) is 9.97. The van der Waals surface area contributed by atoms with E-state index in [4.69, 9.17) is 4.74 Å². The number of guanidine groups is 1. The van der Waals surface area contributed by atoms with Gasteiger partial charge in [0.25, 0.3) is 0 Å². The van der Waals surface area contributed by atoms with Crippen LogP contribution in [0.1, 0.15) is 37.9 Å². The predicted molar refractivity (Wildman–Crippen MR) is 120 cm³/mol. The second-order valence-corrected chi connectivity index (χ2v) is 7.39. The van der Waals surface area contributed by atoms with Crippen molar-refractivity contribution in [3.05, 3.63) is 18.0 Å². The van der Waals surface area contributed by atoms with Gasteiger partial charge in [-0.1, -0.05) is 6.92 Å². The van der Waals surface area contributed by atoms with Crippen LogP contribution >= 0.6 is 24.0 Å². The predicted octanol–water partition coefficient (Wildman–Crippen LogP) is 2.11. The van der Waals surface area contributed by atoms with E-state index < -0.39 is 0 Å². The van der Waals surface area contributed by atoms with E-state index in [0.29, 0.717) is 0 Å². The highest BCUT2D eigenvalue weighted by Crippen LogP contribution is 2.22. The van der Waals surface area contributed by atoms with Gasteiger partial charge in [-0.25, -0.2) is 0 Å². The first-order chi connectivity index (χ1) is 12.7. The molecule has 2 aliphatic rings. The number of aryl methyl sites for hydroxylation is 1. The molecule has 27 heavy (non-hydrogen) atoms. The highest BCUT2D eigenvalue weighted by atomic mass is 127. The fourth-order valence-electron chi connectivity index (χ4n) is 3.96. The van der Waals surface area contributed by atoms with E-state index in [1.165, 1.54) is 38.9 Å². The molecule has 0 amide bonds. The summed E-state index contributed by atoms with van der Waals surface area (Å²) in [5, 5.41) is 7.84. The minimum absolute atomic E-state index is 0. The van der Waals surface area contributed by atoms with Crippen molar-refractivity contribution in [2.24, 2.45) is 18.0 Å². The first-order valence-corrected chi connectivity index (χ1v) is 9.97. The number of hydrogen-bond acceptors (Lipinski definition) is 4. The van der Waals surface area contributed by atoms with Crippen molar-refractivity contribution in [3.8, 4) is 0 Å². The third-order valence-corrected chi connectivity index (χ3v) is 5.66. The van der Waals surface area contributed by atoms with E-state index in [1.807, 2.05) is 31.2 Å². The van der Waals surface area contributed by atoms with Gasteiger partial charge in [0.1, 0.15) is 6.10 Å². The zero-order valence-electron chi connectivity index (χ0n) is 16.9. The maximum atomic E-state index is 5.94. The van der Waals surface area contributed by atoms with Crippen LogP contribution in [0.5, 0.6) is 0 Å². The zero-order chi connectivity index (χ0) is 18.4. The second kappa shape index (κ2) is 11.2. The lowest BCUT2D eigenvalue weighted by Crippen LogP contribution is -2.48. The number of likely N-dealkylation sites (tertiary alicyclic amines) is 1. The lowest BCUT2D eigenvalue weighted by molar-refractivity contribution is -0.00804. The Morgan fingerprint density at radius 3 is 2.74 bits per heavy atom. The molecule has 1 unspecified atom stereocenters. The van der Waals surface area contributed by atoms with Crippen LogP contribution in [0.3, 0.4) is 0 Å². The van der Waals surface area contributed by atoms with Crippen molar-refractivity contribution < 1.29 is 4.74 Å². The molecule has 0 aromatic carbocycles. The van der Waals surface area contributed by atoms with Gasteiger partial charge >= 0.3 is 0 Å². The van der Waals surface area contributed by atoms with Gasteiger partial charge in [0.05, 0.1) is 19.3 Å². The Morgan fingerprint density at radius 2 is 2.11 bits per heavy atom. The number of aromatic nitrogens is 2. The SMILES string of the molecule is CCN1CCC(CCNC(=NC)N2CCOC(c3cnn(C)c3)C2)CC1.I. The van der Waals surface area contributed by atoms with Crippen LogP contribution in [0.4, 0.5) is 0 Å². The summed E-state index contributed by atoms with van der Waals surface area (Å²) in [6, 6.07) is 0. The van der Waals surface area contributed by atoms with Crippen molar-refractivity contribution in [3.63, 3.8) is 0 Å². The molecule has 7 nitrogen and oxygen atoms in total. The van der Waals surface area contributed by atoms with Crippen LogP contribution in [-0.4, -0.2) is 78.5 Å². The maximum absolute atomic E-state index is 5.94. The number of rotatable bonds is 5. The molecule has 0 saturated carbocycles. The van der Waals surface area contributed by atoms with Gasteiger partial charge in [0.2, 0.25) is 0 Å². The fourth-order valence-corrected chi connectivity index (χ4v) is 3.96. The van der Waals surface area contributed by atoms with E-state index in [-0.39, 0.29) is 30.1 Å². The lowest BCUT2D eigenvalue weighted by Gasteiger charge is -2.35. The lowest BCUT2D eigenvalue weighted by atomic mass is 9.93. The quantitative estimate of drug-likeness (QED) is 0.390. The van der Waals surface area contributed by atoms with Gasteiger partial charge in [-0.2, -0.15) is 5.10 Å². The molecule has 2 saturated heterocycles. The summed E-state index contributed by atoms with van der Waals surface area (Å²) in [7, 11) is 3.81. The Hall–Kier alpha value is -0.870. The molecule has 2 aliphatic heterocycles. The maximum Gasteiger partial charge on any atom is 0.193 e. The summed E-state index contributed by atoms with van der Waals surface area (Å²) in [6.07, 6.45) is 7.88. The summed E-state index contributed by atoms with van der Waals surface area (Å²) in [5.41, 5.74) is 1.13.